The average Bonchev–Trinajstić information content (AvgIpc) is 2.27. The minimum Gasteiger partial charge on any atom is -0.336 e. The van der Waals surface area contributed by atoms with Crippen molar-refractivity contribution in [2.45, 2.75) is 0 Å². The molecule has 2 aromatic heterocycles. The number of rotatable bonds is 2. The van der Waals surface area contributed by atoms with Gasteiger partial charge in [0.25, 0.3) is 5.56 Å². The molecule has 0 unspecified atom stereocenters. The summed E-state index contributed by atoms with van der Waals surface area (Å²) in [5.74, 6) is 0.585. The fourth-order valence-corrected chi connectivity index (χ4v) is 1.46. The quantitative estimate of drug-likeness (QED) is 0.860. The first-order valence-corrected chi connectivity index (χ1v) is 4.96. The van der Waals surface area contributed by atoms with Crippen molar-refractivity contribution < 1.29 is 0 Å². The maximum atomic E-state index is 11.7. The van der Waals surface area contributed by atoms with Crippen LogP contribution in [0.15, 0.2) is 35.3 Å². The highest BCUT2D eigenvalue weighted by Gasteiger charge is 2.05. The Hall–Kier alpha value is -1.88. The van der Waals surface area contributed by atoms with E-state index in [1.165, 1.54) is 17.8 Å². The highest BCUT2D eigenvalue weighted by Crippen LogP contribution is 2.12. The monoisotopic (exact) mass is 236 g/mol. The number of nitrogens with zero attached hydrogens (tertiary/aromatic N) is 3. The summed E-state index contributed by atoms with van der Waals surface area (Å²) in [5.41, 5.74) is 0.0938. The Morgan fingerprint density at radius 3 is 2.94 bits per heavy atom. The second-order valence-corrected chi connectivity index (χ2v) is 3.54. The van der Waals surface area contributed by atoms with Crippen molar-refractivity contribution in [3.05, 3.63) is 46.0 Å². The van der Waals surface area contributed by atoms with Gasteiger partial charge in [0, 0.05) is 19.3 Å². The fourth-order valence-electron chi connectivity index (χ4n) is 1.24. The SMILES string of the molecule is Cn1nc(Cl)cc(Nc2ccccn2)c1=O. The molecular formula is C10H9ClN4O. The zero-order chi connectivity index (χ0) is 11.5. The van der Waals surface area contributed by atoms with Gasteiger partial charge < -0.3 is 5.32 Å². The van der Waals surface area contributed by atoms with E-state index in [0.29, 0.717) is 11.5 Å². The largest absolute Gasteiger partial charge is 0.336 e. The van der Waals surface area contributed by atoms with E-state index < -0.39 is 0 Å². The maximum Gasteiger partial charge on any atom is 0.290 e. The number of aromatic nitrogens is 3. The van der Waals surface area contributed by atoms with Crippen LogP contribution in [0, 0.1) is 0 Å². The normalized spacial score (nSPS) is 10.1. The molecule has 0 spiro atoms. The zero-order valence-electron chi connectivity index (χ0n) is 8.51. The number of aryl methyl sites for hydroxylation is 1. The molecule has 2 heterocycles. The average molecular weight is 237 g/mol. The Bertz CT molecular complexity index is 552. The summed E-state index contributed by atoms with van der Waals surface area (Å²) in [5, 5.41) is 6.92. The number of nitrogens with one attached hydrogen (secondary N) is 1. The Kier molecular flexibility index (Phi) is 2.87. The molecule has 5 nitrogen and oxygen atoms in total. The molecule has 0 aromatic carbocycles. The molecule has 0 fully saturated rings. The van der Waals surface area contributed by atoms with Crippen LogP contribution in [0.5, 0.6) is 0 Å². The summed E-state index contributed by atoms with van der Waals surface area (Å²) in [7, 11) is 1.54. The molecule has 0 saturated heterocycles. The third-order valence-electron chi connectivity index (χ3n) is 1.96. The smallest absolute Gasteiger partial charge is 0.290 e. The first-order chi connectivity index (χ1) is 7.66. The van der Waals surface area contributed by atoms with Crippen LogP contribution in [0.25, 0.3) is 0 Å². The van der Waals surface area contributed by atoms with Crippen molar-refractivity contribution in [3.63, 3.8) is 0 Å². The van der Waals surface area contributed by atoms with E-state index in [2.05, 4.69) is 15.4 Å². The molecule has 82 valence electrons. The van der Waals surface area contributed by atoms with Gasteiger partial charge in [0.05, 0.1) is 0 Å². The van der Waals surface area contributed by atoms with Gasteiger partial charge in [0.15, 0.2) is 5.15 Å². The van der Waals surface area contributed by atoms with Crippen molar-refractivity contribution >= 4 is 23.1 Å². The van der Waals surface area contributed by atoms with E-state index in [9.17, 15) is 4.79 Å². The lowest BCUT2D eigenvalue weighted by Gasteiger charge is -2.05. The number of hydrogen-bond acceptors (Lipinski definition) is 4. The molecule has 0 saturated carbocycles. The van der Waals surface area contributed by atoms with Gasteiger partial charge in [-0.1, -0.05) is 17.7 Å². The first-order valence-electron chi connectivity index (χ1n) is 4.59. The molecule has 6 heteroatoms. The molecule has 0 aliphatic rings. The molecule has 0 atom stereocenters. The van der Waals surface area contributed by atoms with Crippen molar-refractivity contribution in [2.75, 3.05) is 5.32 Å². The standard InChI is InChI=1S/C10H9ClN4O/c1-15-10(16)7(6-8(11)14-15)13-9-4-2-3-5-12-9/h2-6H,1H3,(H,12,13). The lowest BCUT2D eigenvalue weighted by atomic mass is 10.4. The van der Waals surface area contributed by atoms with Crippen molar-refractivity contribution in [1.29, 1.82) is 0 Å². The molecule has 2 aromatic rings. The van der Waals surface area contributed by atoms with E-state index >= 15 is 0 Å². The molecule has 16 heavy (non-hydrogen) atoms. The van der Waals surface area contributed by atoms with Gasteiger partial charge in [-0.25, -0.2) is 9.67 Å². The number of anilines is 2. The second-order valence-electron chi connectivity index (χ2n) is 3.15. The lowest BCUT2D eigenvalue weighted by molar-refractivity contribution is 0.710. The van der Waals surface area contributed by atoms with Crippen LogP contribution in [0.3, 0.4) is 0 Å². The molecule has 0 amide bonds. The van der Waals surface area contributed by atoms with Crippen LogP contribution >= 0.6 is 11.6 Å². The van der Waals surface area contributed by atoms with Gasteiger partial charge in [0.2, 0.25) is 0 Å². The summed E-state index contributed by atoms with van der Waals surface area (Å²) in [6.07, 6.45) is 1.63. The van der Waals surface area contributed by atoms with E-state index in [4.69, 9.17) is 11.6 Å². The van der Waals surface area contributed by atoms with Gasteiger partial charge in [0.1, 0.15) is 11.5 Å². The summed E-state index contributed by atoms with van der Waals surface area (Å²) in [6.45, 7) is 0. The number of halogens is 1. The highest BCUT2D eigenvalue weighted by atomic mass is 35.5. The van der Waals surface area contributed by atoms with E-state index in [-0.39, 0.29) is 10.7 Å². The van der Waals surface area contributed by atoms with E-state index in [1.54, 1.807) is 18.3 Å². The van der Waals surface area contributed by atoms with Crippen LogP contribution in [-0.2, 0) is 7.05 Å². The Morgan fingerprint density at radius 1 is 1.44 bits per heavy atom. The number of pyridine rings is 1. The second kappa shape index (κ2) is 4.32. The zero-order valence-corrected chi connectivity index (χ0v) is 9.27. The van der Waals surface area contributed by atoms with Crippen LogP contribution in [0.4, 0.5) is 11.5 Å². The van der Waals surface area contributed by atoms with Gasteiger partial charge in [-0.15, -0.1) is 0 Å². The predicted molar refractivity (Wildman–Crippen MR) is 62.0 cm³/mol. The van der Waals surface area contributed by atoms with Crippen molar-refractivity contribution in [3.8, 4) is 0 Å². The summed E-state index contributed by atoms with van der Waals surface area (Å²) >= 11 is 5.76. The van der Waals surface area contributed by atoms with Crippen LogP contribution in [0.2, 0.25) is 5.15 Å². The Morgan fingerprint density at radius 2 is 2.25 bits per heavy atom. The van der Waals surface area contributed by atoms with Crippen LogP contribution < -0.4 is 10.9 Å². The minimum atomic E-state index is -0.255. The third-order valence-corrected chi connectivity index (χ3v) is 2.15. The van der Waals surface area contributed by atoms with Crippen LogP contribution in [-0.4, -0.2) is 14.8 Å². The predicted octanol–water partition coefficient (Wildman–Crippen LogP) is 1.57. The minimum absolute atomic E-state index is 0.250. The molecular weight excluding hydrogens is 228 g/mol. The number of hydrogen-bond donors (Lipinski definition) is 1. The van der Waals surface area contributed by atoms with E-state index in [1.807, 2.05) is 6.07 Å². The molecule has 0 radical (unpaired) electrons. The first kappa shape index (κ1) is 10.6. The van der Waals surface area contributed by atoms with Crippen molar-refractivity contribution in [2.24, 2.45) is 7.05 Å². The lowest BCUT2D eigenvalue weighted by Crippen LogP contribution is -2.22. The third kappa shape index (κ3) is 2.20. The van der Waals surface area contributed by atoms with Gasteiger partial charge in [-0.3, -0.25) is 4.79 Å². The molecule has 0 bridgehead atoms. The van der Waals surface area contributed by atoms with Gasteiger partial charge in [-0.05, 0) is 12.1 Å². The fraction of sp³-hybridized carbons (Fsp3) is 0.100. The molecule has 0 aliphatic heterocycles. The van der Waals surface area contributed by atoms with Gasteiger partial charge >= 0.3 is 0 Å². The molecule has 2 rings (SSSR count). The van der Waals surface area contributed by atoms with Crippen molar-refractivity contribution in [1.82, 2.24) is 14.8 Å². The summed E-state index contributed by atoms with van der Waals surface area (Å²) in [4.78, 5) is 15.7. The summed E-state index contributed by atoms with van der Waals surface area (Å²) < 4.78 is 1.17. The van der Waals surface area contributed by atoms with Gasteiger partial charge in [-0.2, -0.15) is 5.10 Å². The highest BCUT2D eigenvalue weighted by molar-refractivity contribution is 6.29. The Labute approximate surface area is 96.7 Å². The molecule has 0 aliphatic carbocycles. The Balaban J connectivity index is 2.39. The topological polar surface area (TPSA) is 59.8 Å². The van der Waals surface area contributed by atoms with Crippen LogP contribution in [0.1, 0.15) is 0 Å². The van der Waals surface area contributed by atoms with E-state index in [0.717, 1.165) is 0 Å². The molecule has 1 N–H and O–H groups in total. The summed E-state index contributed by atoms with van der Waals surface area (Å²) in [6, 6.07) is 6.85. The maximum absolute atomic E-state index is 11.7.